The van der Waals surface area contributed by atoms with E-state index in [2.05, 4.69) is 53.1 Å². The summed E-state index contributed by atoms with van der Waals surface area (Å²) in [7, 11) is 3.58. The van der Waals surface area contributed by atoms with E-state index in [4.69, 9.17) is 9.97 Å². The van der Waals surface area contributed by atoms with Gasteiger partial charge in [-0.1, -0.05) is 31.0 Å². The summed E-state index contributed by atoms with van der Waals surface area (Å²) in [6, 6.07) is 15.3. The van der Waals surface area contributed by atoms with Crippen LogP contribution >= 0.6 is 0 Å². The number of aromatic nitrogens is 4. The number of fused-ring (bicyclic) bond motifs is 1. The fraction of sp³-hybridized carbons (Fsp3) is 0.512. The van der Waals surface area contributed by atoms with Crippen molar-refractivity contribution in [2.75, 3.05) is 70.1 Å². The van der Waals surface area contributed by atoms with Crippen molar-refractivity contribution in [1.29, 1.82) is 0 Å². The second-order valence-corrected chi connectivity index (χ2v) is 15.6. The number of nitrogens with one attached hydrogen (secondary N) is 2. The second-order valence-electron chi connectivity index (χ2n) is 15.6. The summed E-state index contributed by atoms with van der Waals surface area (Å²) in [4.78, 5) is 60.5. The first-order valence-corrected chi connectivity index (χ1v) is 19.8. The zero-order valence-electron chi connectivity index (χ0n) is 31.5. The number of piperazine rings is 1. The van der Waals surface area contributed by atoms with Crippen molar-refractivity contribution in [3.8, 4) is 0 Å². The number of amides is 3. The third-order valence-corrected chi connectivity index (χ3v) is 11.9. The number of anilines is 3. The van der Waals surface area contributed by atoms with Gasteiger partial charge in [-0.15, -0.1) is 0 Å². The van der Waals surface area contributed by atoms with E-state index in [-0.39, 0.29) is 29.7 Å². The van der Waals surface area contributed by atoms with Crippen LogP contribution in [0.4, 0.5) is 17.5 Å². The molecule has 0 radical (unpaired) electrons. The number of piperidine rings is 2. The Hall–Kier alpha value is -4.88. The van der Waals surface area contributed by atoms with E-state index in [0.29, 0.717) is 36.3 Å². The van der Waals surface area contributed by atoms with Crippen molar-refractivity contribution < 1.29 is 14.4 Å². The predicted octanol–water partition coefficient (Wildman–Crippen LogP) is 4.74. The van der Waals surface area contributed by atoms with Crippen LogP contribution in [-0.2, 0) is 16.0 Å². The van der Waals surface area contributed by atoms with Crippen LogP contribution in [0.15, 0.2) is 54.9 Å². The van der Waals surface area contributed by atoms with Crippen molar-refractivity contribution >= 4 is 46.2 Å². The zero-order chi connectivity index (χ0) is 37.2. The lowest BCUT2D eigenvalue weighted by molar-refractivity contribution is -0.134. The average molecular weight is 733 g/mol. The number of benzene rings is 1. The number of pyridine rings is 1. The summed E-state index contributed by atoms with van der Waals surface area (Å²) in [5, 5.41) is 6.66. The first-order valence-electron chi connectivity index (χ1n) is 19.8. The normalized spacial score (nSPS) is 20.8. The maximum atomic E-state index is 13.1. The monoisotopic (exact) mass is 732 g/mol. The molecule has 6 heterocycles. The topological polar surface area (TPSA) is 132 Å². The molecule has 1 saturated carbocycles. The smallest absolute Gasteiger partial charge is 0.270 e. The van der Waals surface area contributed by atoms with Gasteiger partial charge in [-0.3, -0.25) is 24.6 Å². The van der Waals surface area contributed by atoms with E-state index in [0.717, 1.165) is 100 Å². The van der Waals surface area contributed by atoms with Crippen LogP contribution in [0.1, 0.15) is 84.9 Å². The maximum Gasteiger partial charge on any atom is 0.270 e. The Morgan fingerprint density at radius 1 is 0.889 bits per heavy atom. The summed E-state index contributed by atoms with van der Waals surface area (Å²) in [6.45, 7) is 7.27. The summed E-state index contributed by atoms with van der Waals surface area (Å²) in [5.41, 5.74) is 4.84. The molecule has 54 heavy (non-hydrogen) atoms. The SMILES string of the molecule is CN(C)C(=O)c1cc2cnc(Nc3ccc(CCN4CCC(N5CCN(c6cccc(C7CCC(=O)NC7=O)c6)CC5)CC4)cn3)nc2n1C1CCCC1. The third-order valence-electron chi connectivity index (χ3n) is 11.9. The van der Waals surface area contributed by atoms with Crippen molar-refractivity contribution in [1.82, 2.24) is 39.5 Å². The molecule has 1 aliphatic carbocycles. The van der Waals surface area contributed by atoms with Gasteiger partial charge in [0.2, 0.25) is 17.8 Å². The fourth-order valence-corrected chi connectivity index (χ4v) is 8.85. The number of carbonyl (C=O) groups excluding carboxylic acids is 3. The van der Waals surface area contributed by atoms with Crippen LogP contribution in [0, 0.1) is 0 Å². The van der Waals surface area contributed by atoms with Crippen LogP contribution in [-0.4, -0.2) is 118 Å². The highest BCUT2D eigenvalue weighted by molar-refractivity contribution is 6.01. The number of likely N-dealkylation sites (tertiary alicyclic amines) is 1. The van der Waals surface area contributed by atoms with Gasteiger partial charge < -0.3 is 24.6 Å². The maximum absolute atomic E-state index is 13.1. The van der Waals surface area contributed by atoms with Crippen molar-refractivity contribution in [3.05, 3.63) is 71.7 Å². The van der Waals surface area contributed by atoms with E-state index in [1.165, 1.54) is 18.4 Å². The molecule has 3 saturated heterocycles. The summed E-state index contributed by atoms with van der Waals surface area (Å²) in [5.74, 6) is 0.564. The molecule has 3 amide bonds. The molecule has 1 atom stereocenters. The molecule has 1 unspecified atom stereocenters. The molecule has 4 aliphatic rings. The van der Waals surface area contributed by atoms with E-state index in [1.54, 1.807) is 25.2 Å². The number of nitrogens with zero attached hydrogens (tertiary/aromatic N) is 8. The molecule has 8 rings (SSSR count). The molecule has 1 aromatic carbocycles. The van der Waals surface area contributed by atoms with Crippen LogP contribution in [0.5, 0.6) is 0 Å². The predicted molar refractivity (Wildman–Crippen MR) is 209 cm³/mol. The number of rotatable bonds is 10. The van der Waals surface area contributed by atoms with E-state index >= 15 is 0 Å². The highest BCUT2D eigenvalue weighted by atomic mass is 16.2. The molecule has 3 aromatic heterocycles. The highest BCUT2D eigenvalue weighted by Gasteiger charge is 2.31. The summed E-state index contributed by atoms with van der Waals surface area (Å²) >= 11 is 0. The standard InChI is InChI=1S/C41H52N10O3/c1-47(2)40(54)35-25-30-27-43-41(46-38(30)51(35)32-7-3-4-8-32)44-36-12-10-28(26-42-36)14-17-48-18-15-31(16-19-48)49-20-22-50(23-21-49)33-9-5-6-29(24-33)34-11-13-37(52)45-39(34)53/h5-6,9-10,12,24-27,31-32,34H,3-4,7-8,11,13-23H2,1-2H3,(H,45,52,53)(H,42,43,44,46). The van der Waals surface area contributed by atoms with Gasteiger partial charge in [0.1, 0.15) is 17.2 Å². The average Bonchev–Trinajstić information content (AvgIpc) is 3.86. The molecular formula is C41H52N10O3. The summed E-state index contributed by atoms with van der Waals surface area (Å²) in [6.07, 6.45) is 12.5. The molecule has 13 nitrogen and oxygen atoms in total. The Balaban J connectivity index is 0.800. The van der Waals surface area contributed by atoms with Gasteiger partial charge >= 0.3 is 0 Å². The number of imide groups is 1. The Bertz CT molecular complexity index is 1970. The van der Waals surface area contributed by atoms with Crippen LogP contribution in [0.3, 0.4) is 0 Å². The van der Waals surface area contributed by atoms with Gasteiger partial charge in [0.05, 0.1) is 5.92 Å². The quantitative estimate of drug-likeness (QED) is 0.221. The minimum atomic E-state index is -0.249. The molecule has 4 aromatic rings. The first kappa shape index (κ1) is 36.1. The summed E-state index contributed by atoms with van der Waals surface area (Å²) < 4.78 is 2.13. The lowest BCUT2D eigenvalue weighted by atomic mass is 9.90. The molecule has 4 fully saturated rings. The fourth-order valence-electron chi connectivity index (χ4n) is 8.85. The third kappa shape index (κ3) is 7.83. The van der Waals surface area contributed by atoms with Crippen molar-refractivity contribution in [3.63, 3.8) is 0 Å². The van der Waals surface area contributed by atoms with Crippen molar-refractivity contribution in [2.24, 2.45) is 0 Å². The number of hydrogen-bond acceptors (Lipinski definition) is 10. The molecule has 13 heteroatoms. The first-order chi connectivity index (χ1) is 26.3. The lowest BCUT2D eigenvalue weighted by Gasteiger charge is -2.43. The minimum Gasteiger partial charge on any atom is -0.369 e. The van der Waals surface area contributed by atoms with E-state index in [1.807, 2.05) is 30.5 Å². The van der Waals surface area contributed by atoms with Gasteiger partial charge in [0.25, 0.3) is 5.91 Å². The van der Waals surface area contributed by atoms with Crippen LogP contribution in [0.25, 0.3) is 11.0 Å². The minimum absolute atomic E-state index is 0.0145. The largest absolute Gasteiger partial charge is 0.369 e. The van der Waals surface area contributed by atoms with Gasteiger partial charge in [0, 0.05) is 88.8 Å². The Kier molecular flexibility index (Phi) is 10.6. The van der Waals surface area contributed by atoms with Gasteiger partial charge in [-0.25, -0.2) is 9.97 Å². The Morgan fingerprint density at radius 2 is 1.69 bits per heavy atom. The van der Waals surface area contributed by atoms with Crippen molar-refractivity contribution in [2.45, 2.75) is 75.8 Å². The number of carbonyl (C=O) groups is 3. The molecule has 2 N–H and O–H groups in total. The zero-order valence-corrected chi connectivity index (χ0v) is 31.5. The highest BCUT2D eigenvalue weighted by Crippen LogP contribution is 2.35. The van der Waals surface area contributed by atoms with Crippen LogP contribution in [0.2, 0.25) is 0 Å². The lowest BCUT2D eigenvalue weighted by Crippen LogP contribution is -2.53. The van der Waals surface area contributed by atoms with E-state index < -0.39 is 0 Å². The molecule has 284 valence electrons. The van der Waals surface area contributed by atoms with Gasteiger partial charge in [-0.05, 0) is 87.0 Å². The van der Waals surface area contributed by atoms with Crippen LogP contribution < -0.4 is 15.5 Å². The van der Waals surface area contributed by atoms with Gasteiger partial charge in [0.15, 0.2) is 0 Å². The van der Waals surface area contributed by atoms with E-state index in [9.17, 15) is 14.4 Å². The molecular weight excluding hydrogens is 681 g/mol. The Labute approximate surface area is 317 Å². The van der Waals surface area contributed by atoms with Gasteiger partial charge in [-0.2, -0.15) is 4.98 Å². The second kappa shape index (κ2) is 15.8. The molecule has 0 bridgehead atoms. The molecule has 0 spiro atoms. The molecule has 3 aliphatic heterocycles. The number of hydrogen-bond donors (Lipinski definition) is 2. The Morgan fingerprint density at radius 3 is 2.41 bits per heavy atom.